The number of carbonyl (C=O) groups is 6. The second-order valence-electron chi connectivity index (χ2n) is 9.08. The van der Waals surface area contributed by atoms with Gasteiger partial charge in [0.1, 0.15) is 9.16 Å². The standard InChI is InChI=1S/C6H12O4.C5H8O4.C5H8O2S2.C4H6O4.C4H8O4.C4H6O2S2/c1-3-9-6(5(7)8)10-4-2;2*6-4(7)5-8-2-1-3-9-5;5-3(6)4-7-1-2-8-4;1-7-4(8-2)3(5)6;5-3(6)4-7-1-2-8-4/h6H,3-4H2,1-2H3,(H,7,8);2*5H,1-3H2,(H,6,7);4H,1-2H2,(H,5,6);4H,1-2H3,(H,5,6);4H,1-2H2,(H,5,6). The van der Waals surface area contributed by atoms with Crippen molar-refractivity contribution in [3.05, 3.63) is 0 Å². The number of rotatable bonds is 12. The summed E-state index contributed by atoms with van der Waals surface area (Å²) >= 11 is 6.10. The van der Waals surface area contributed by atoms with Gasteiger partial charge >= 0.3 is 35.8 Å². The van der Waals surface area contributed by atoms with Crippen molar-refractivity contribution in [2.75, 3.05) is 76.9 Å². The Morgan fingerprint density at radius 1 is 0.538 bits per heavy atom. The maximum Gasteiger partial charge on any atom is 0.361 e. The van der Waals surface area contributed by atoms with Gasteiger partial charge in [0.05, 0.1) is 26.4 Å². The lowest BCUT2D eigenvalue weighted by Gasteiger charge is -2.18. The van der Waals surface area contributed by atoms with Gasteiger partial charge in [0.15, 0.2) is 0 Å². The molecule has 0 spiro atoms. The van der Waals surface area contributed by atoms with Crippen molar-refractivity contribution in [1.82, 2.24) is 0 Å². The number of carboxylic acid groups (broad SMARTS) is 6. The smallest absolute Gasteiger partial charge is 0.361 e. The molecule has 6 N–H and O–H groups in total. The lowest BCUT2D eigenvalue weighted by atomic mass is 10.4. The highest BCUT2D eigenvalue weighted by Crippen LogP contribution is 2.31. The van der Waals surface area contributed by atoms with Crippen molar-refractivity contribution in [2.45, 2.75) is 61.0 Å². The Labute approximate surface area is 317 Å². The third-order valence-corrected chi connectivity index (χ3v) is 11.0. The van der Waals surface area contributed by atoms with Gasteiger partial charge in [-0.2, -0.15) is 0 Å². The van der Waals surface area contributed by atoms with Crippen LogP contribution in [0.3, 0.4) is 0 Å². The molecule has 4 saturated heterocycles. The Morgan fingerprint density at radius 3 is 1.10 bits per heavy atom. The van der Waals surface area contributed by atoms with E-state index in [0.29, 0.717) is 39.6 Å². The minimum Gasteiger partial charge on any atom is -0.480 e. The molecule has 0 bridgehead atoms. The molecule has 52 heavy (non-hydrogen) atoms. The van der Waals surface area contributed by atoms with Gasteiger partial charge in [-0.25, -0.2) is 19.2 Å². The van der Waals surface area contributed by atoms with Gasteiger partial charge in [0.25, 0.3) is 25.2 Å². The predicted octanol–water partition coefficient (Wildman–Crippen LogP) is 1.58. The highest BCUT2D eigenvalue weighted by Gasteiger charge is 2.24. The molecule has 0 unspecified atom stereocenters. The Bertz CT molecular complexity index is 919. The largest absolute Gasteiger partial charge is 0.480 e. The first-order valence-corrected chi connectivity index (χ1v) is 19.4. The number of ether oxygens (including phenoxy) is 8. The first-order valence-electron chi connectivity index (χ1n) is 15.2. The number of carboxylic acids is 6. The van der Waals surface area contributed by atoms with Crippen LogP contribution in [0.1, 0.15) is 26.7 Å². The molecule has 4 rings (SSSR count). The van der Waals surface area contributed by atoms with Crippen molar-refractivity contribution in [3.63, 3.8) is 0 Å². The molecule has 4 heterocycles. The van der Waals surface area contributed by atoms with E-state index in [2.05, 4.69) is 18.9 Å². The fourth-order valence-electron chi connectivity index (χ4n) is 3.05. The molecule has 0 aromatic carbocycles. The van der Waals surface area contributed by atoms with Crippen molar-refractivity contribution in [2.24, 2.45) is 0 Å². The maximum absolute atomic E-state index is 10.3. The van der Waals surface area contributed by atoms with Crippen LogP contribution in [0.2, 0.25) is 0 Å². The van der Waals surface area contributed by atoms with E-state index in [4.69, 9.17) is 49.6 Å². The quantitative estimate of drug-likeness (QED) is 0.152. The van der Waals surface area contributed by atoms with Crippen molar-refractivity contribution >= 4 is 82.9 Å². The zero-order chi connectivity index (χ0) is 39.9. The Balaban J connectivity index is 0. The van der Waals surface area contributed by atoms with Crippen LogP contribution in [0.4, 0.5) is 0 Å². The van der Waals surface area contributed by atoms with Crippen molar-refractivity contribution in [3.8, 4) is 0 Å². The van der Waals surface area contributed by atoms with E-state index in [1.54, 1.807) is 13.8 Å². The summed E-state index contributed by atoms with van der Waals surface area (Å²) in [7, 11) is 2.53. The summed E-state index contributed by atoms with van der Waals surface area (Å²) in [6.07, 6.45) is -2.35. The molecule has 0 aliphatic carbocycles. The van der Waals surface area contributed by atoms with Gasteiger partial charge in [-0.1, -0.05) is 0 Å². The molecule has 0 radical (unpaired) electrons. The Morgan fingerprint density at radius 2 is 0.885 bits per heavy atom. The number of hydrogen-bond donors (Lipinski definition) is 6. The van der Waals surface area contributed by atoms with Crippen LogP contribution in [-0.2, 0) is 66.7 Å². The molecule has 4 fully saturated rings. The second kappa shape index (κ2) is 33.5. The van der Waals surface area contributed by atoms with E-state index in [0.717, 1.165) is 35.9 Å². The molecule has 0 aromatic rings. The van der Waals surface area contributed by atoms with Crippen LogP contribution in [0.15, 0.2) is 0 Å². The molecule has 24 heteroatoms. The Hall–Kier alpha value is -2.10. The van der Waals surface area contributed by atoms with Crippen LogP contribution in [0.25, 0.3) is 0 Å². The van der Waals surface area contributed by atoms with Gasteiger partial charge < -0.3 is 68.5 Å². The van der Waals surface area contributed by atoms with E-state index < -0.39 is 61.0 Å². The van der Waals surface area contributed by atoms with E-state index >= 15 is 0 Å². The molecule has 4 aliphatic heterocycles. The van der Waals surface area contributed by atoms with Crippen molar-refractivity contribution in [1.29, 1.82) is 0 Å². The fraction of sp³-hybridized carbons (Fsp3) is 0.786. The summed E-state index contributed by atoms with van der Waals surface area (Å²) in [5.41, 5.74) is 0. The third-order valence-electron chi connectivity index (χ3n) is 5.17. The molecular formula is C28H48O20S4. The molecule has 304 valence electrons. The van der Waals surface area contributed by atoms with Crippen LogP contribution in [0.5, 0.6) is 0 Å². The molecule has 0 atom stereocenters. The van der Waals surface area contributed by atoms with Crippen molar-refractivity contribution < 1.29 is 97.3 Å². The van der Waals surface area contributed by atoms with E-state index in [1.807, 2.05) is 0 Å². The number of aliphatic carboxylic acids is 6. The highest BCUT2D eigenvalue weighted by molar-refractivity contribution is 8.21. The normalized spacial score (nSPS) is 17.7. The molecule has 0 aromatic heterocycles. The number of methoxy groups -OCH3 is 2. The minimum absolute atomic E-state index is 0.185. The molecular weight excluding hydrogens is 785 g/mol. The van der Waals surface area contributed by atoms with Gasteiger partial charge in [-0.05, 0) is 38.2 Å². The summed E-state index contributed by atoms with van der Waals surface area (Å²) in [6, 6.07) is 0. The van der Waals surface area contributed by atoms with E-state index in [9.17, 15) is 28.8 Å². The minimum atomic E-state index is -1.13. The third kappa shape index (κ3) is 27.5. The zero-order valence-electron chi connectivity index (χ0n) is 29.0. The average Bonchev–Trinajstić information content (AvgIpc) is 3.87. The van der Waals surface area contributed by atoms with Crippen LogP contribution >= 0.6 is 47.0 Å². The molecule has 4 aliphatic rings. The lowest BCUT2D eigenvalue weighted by Crippen LogP contribution is -2.32. The zero-order valence-corrected chi connectivity index (χ0v) is 32.2. The topological polar surface area (TPSA) is 298 Å². The lowest BCUT2D eigenvalue weighted by molar-refractivity contribution is -0.205. The average molecular weight is 833 g/mol. The van der Waals surface area contributed by atoms with E-state index in [1.165, 1.54) is 61.3 Å². The monoisotopic (exact) mass is 832 g/mol. The summed E-state index contributed by atoms with van der Waals surface area (Å²) in [4.78, 5) is 60.7. The van der Waals surface area contributed by atoms with Gasteiger partial charge in [0, 0.05) is 38.9 Å². The SMILES string of the molecule is CCOC(OCC)C(=O)O.COC(OC)C(=O)O.O=C(O)C1OCCCO1.O=C(O)C1OCCO1.O=C(O)C1SCCCS1.O=C(O)C1SCCS1. The summed E-state index contributed by atoms with van der Waals surface area (Å²) < 4.78 is 36.4. The highest BCUT2D eigenvalue weighted by atomic mass is 32.2. The summed E-state index contributed by atoms with van der Waals surface area (Å²) in [6.45, 7) is 5.86. The second-order valence-corrected chi connectivity index (χ2v) is 14.5. The number of hydrogen-bond acceptors (Lipinski definition) is 18. The van der Waals surface area contributed by atoms with Crippen LogP contribution in [0, 0.1) is 0 Å². The van der Waals surface area contributed by atoms with Crippen LogP contribution < -0.4 is 0 Å². The summed E-state index contributed by atoms with van der Waals surface area (Å²) in [5.74, 6) is -1.67. The molecule has 20 nitrogen and oxygen atoms in total. The summed E-state index contributed by atoms with van der Waals surface area (Å²) in [5, 5.41) is 49.8. The number of thioether (sulfide) groups is 4. The first kappa shape index (κ1) is 52.0. The van der Waals surface area contributed by atoms with Gasteiger partial charge in [-0.15, -0.1) is 47.0 Å². The maximum atomic E-state index is 10.3. The fourth-order valence-corrected chi connectivity index (χ4v) is 7.98. The molecule has 0 amide bonds. The first-order chi connectivity index (χ1) is 24.7. The van der Waals surface area contributed by atoms with Gasteiger partial charge in [0.2, 0.25) is 0 Å². The van der Waals surface area contributed by atoms with E-state index in [-0.39, 0.29) is 9.16 Å². The van der Waals surface area contributed by atoms with Gasteiger partial charge in [-0.3, -0.25) is 9.59 Å². The Kier molecular flexibility index (Phi) is 33.5. The molecule has 0 saturated carbocycles. The van der Waals surface area contributed by atoms with Crippen LogP contribution in [-0.4, -0.2) is 178 Å². The predicted molar refractivity (Wildman–Crippen MR) is 189 cm³/mol.